The third-order valence-corrected chi connectivity index (χ3v) is 3.74. The van der Waals surface area contributed by atoms with Gasteiger partial charge in [-0.15, -0.1) is 0 Å². The SMILES string of the molecule is COc1ccc(NC(=O)NC(C)CCc2ccccc2)c(OC)c1. The van der Waals surface area contributed by atoms with Crippen molar-refractivity contribution in [2.24, 2.45) is 0 Å². The Hall–Kier alpha value is -2.69. The van der Waals surface area contributed by atoms with Crippen LogP contribution >= 0.6 is 0 Å². The molecule has 128 valence electrons. The second-order valence-electron chi connectivity index (χ2n) is 5.59. The minimum absolute atomic E-state index is 0.0643. The van der Waals surface area contributed by atoms with Gasteiger partial charge < -0.3 is 20.1 Å². The first kappa shape index (κ1) is 17.7. The van der Waals surface area contributed by atoms with Crippen molar-refractivity contribution in [1.29, 1.82) is 0 Å². The molecule has 0 fully saturated rings. The Morgan fingerprint density at radius 3 is 2.50 bits per heavy atom. The molecule has 0 aromatic heterocycles. The van der Waals surface area contributed by atoms with E-state index >= 15 is 0 Å². The van der Waals surface area contributed by atoms with Gasteiger partial charge in [0.15, 0.2) is 0 Å². The fourth-order valence-corrected chi connectivity index (χ4v) is 2.38. The lowest BCUT2D eigenvalue weighted by Gasteiger charge is -2.16. The number of urea groups is 1. The zero-order valence-electron chi connectivity index (χ0n) is 14.3. The number of methoxy groups -OCH3 is 2. The van der Waals surface area contributed by atoms with Crippen LogP contribution < -0.4 is 20.1 Å². The van der Waals surface area contributed by atoms with Crippen LogP contribution in [-0.2, 0) is 6.42 Å². The van der Waals surface area contributed by atoms with Crippen LogP contribution in [0.1, 0.15) is 18.9 Å². The molecule has 0 bridgehead atoms. The average molecular weight is 328 g/mol. The van der Waals surface area contributed by atoms with E-state index in [1.165, 1.54) is 5.56 Å². The Morgan fingerprint density at radius 1 is 1.08 bits per heavy atom. The van der Waals surface area contributed by atoms with Gasteiger partial charge in [-0.25, -0.2) is 4.79 Å². The van der Waals surface area contributed by atoms with E-state index in [-0.39, 0.29) is 12.1 Å². The predicted molar refractivity (Wildman–Crippen MR) is 95.9 cm³/mol. The number of carbonyl (C=O) groups excluding carboxylic acids is 1. The van der Waals surface area contributed by atoms with Crippen molar-refractivity contribution in [2.45, 2.75) is 25.8 Å². The minimum atomic E-state index is -0.251. The molecule has 2 rings (SSSR count). The number of carbonyl (C=O) groups is 1. The van der Waals surface area contributed by atoms with E-state index in [0.29, 0.717) is 17.2 Å². The van der Waals surface area contributed by atoms with E-state index in [0.717, 1.165) is 12.8 Å². The molecule has 2 amide bonds. The smallest absolute Gasteiger partial charge is 0.319 e. The highest BCUT2D eigenvalue weighted by Gasteiger charge is 2.11. The molecule has 0 aliphatic rings. The van der Waals surface area contributed by atoms with E-state index in [4.69, 9.17) is 9.47 Å². The molecular weight excluding hydrogens is 304 g/mol. The molecule has 0 radical (unpaired) electrons. The average Bonchev–Trinajstić information content (AvgIpc) is 2.61. The summed E-state index contributed by atoms with van der Waals surface area (Å²) in [6.45, 7) is 1.99. The molecule has 0 aliphatic carbocycles. The van der Waals surface area contributed by atoms with Crippen molar-refractivity contribution < 1.29 is 14.3 Å². The summed E-state index contributed by atoms with van der Waals surface area (Å²) in [6, 6.07) is 15.3. The topological polar surface area (TPSA) is 59.6 Å². The molecule has 0 saturated carbocycles. The summed E-state index contributed by atoms with van der Waals surface area (Å²) < 4.78 is 10.4. The van der Waals surface area contributed by atoms with Crippen LogP contribution in [0.3, 0.4) is 0 Å². The van der Waals surface area contributed by atoms with E-state index < -0.39 is 0 Å². The summed E-state index contributed by atoms with van der Waals surface area (Å²) in [5.74, 6) is 1.23. The lowest BCUT2D eigenvalue weighted by Crippen LogP contribution is -2.36. The zero-order chi connectivity index (χ0) is 17.4. The number of hydrogen-bond donors (Lipinski definition) is 2. The molecule has 0 aliphatic heterocycles. The summed E-state index contributed by atoms with van der Waals surface area (Å²) in [5, 5.41) is 5.75. The minimum Gasteiger partial charge on any atom is -0.497 e. The third kappa shape index (κ3) is 5.19. The van der Waals surface area contributed by atoms with Gasteiger partial charge in [0, 0.05) is 12.1 Å². The first-order valence-electron chi connectivity index (χ1n) is 7.96. The fraction of sp³-hybridized carbons (Fsp3) is 0.316. The molecule has 24 heavy (non-hydrogen) atoms. The van der Waals surface area contributed by atoms with Crippen LogP contribution in [0.4, 0.5) is 10.5 Å². The maximum absolute atomic E-state index is 12.1. The largest absolute Gasteiger partial charge is 0.497 e. The van der Waals surface area contributed by atoms with E-state index in [1.54, 1.807) is 32.4 Å². The van der Waals surface area contributed by atoms with Crippen LogP contribution in [0.5, 0.6) is 11.5 Å². The van der Waals surface area contributed by atoms with Gasteiger partial charge in [0.25, 0.3) is 0 Å². The summed E-state index contributed by atoms with van der Waals surface area (Å²) in [4.78, 5) is 12.1. The van der Waals surface area contributed by atoms with Crippen LogP contribution in [0.2, 0.25) is 0 Å². The Kier molecular flexibility index (Phi) is 6.49. The molecule has 2 aromatic carbocycles. The highest BCUT2D eigenvalue weighted by atomic mass is 16.5. The van der Waals surface area contributed by atoms with Gasteiger partial charge in [-0.2, -0.15) is 0 Å². The number of anilines is 1. The standard InChI is InChI=1S/C19H24N2O3/c1-14(9-10-15-7-5-4-6-8-15)20-19(22)21-17-12-11-16(23-2)13-18(17)24-3/h4-8,11-14H,9-10H2,1-3H3,(H2,20,21,22). The molecular formula is C19H24N2O3. The highest BCUT2D eigenvalue weighted by Crippen LogP contribution is 2.28. The zero-order valence-corrected chi connectivity index (χ0v) is 14.3. The van der Waals surface area contributed by atoms with E-state index in [1.807, 2.05) is 25.1 Å². The third-order valence-electron chi connectivity index (χ3n) is 3.74. The van der Waals surface area contributed by atoms with Crippen molar-refractivity contribution >= 4 is 11.7 Å². The lowest BCUT2D eigenvalue weighted by atomic mass is 10.1. The Morgan fingerprint density at radius 2 is 1.83 bits per heavy atom. The number of aryl methyl sites for hydroxylation is 1. The number of benzene rings is 2. The second-order valence-corrected chi connectivity index (χ2v) is 5.59. The second kappa shape index (κ2) is 8.82. The monoisotopic (exact) mass is 328 g/mol. The fourth-order valence-electron chi connectivity index (χ4n) is 2.38. The predicted octanol–water partition coefficient (Wildman–Crippen LogP) is 3.85. The van der Waals surface area contributed by atoms with E-state index in [2.05, 4.69) is 22.8 Å². The molecule has 0 spiro atoms. The maximum atomic E-state index is 12.1. The summed E-state index contributed by atoms with van der Waals surface area (Å²) in [7, 11) is 3.14. The number of hydrogen-bond acceptors (Lipinski definition) is 3. The van der Waals surface area contributed by atoms with Crippen molar-refractivity contribution in [3.05, 3.63) is 54.1 Å². The van der Waals surface area contributed by atoms with Gasteiger partial charge in [-0.3, -0.25) is 0 Å². The van der Waals surface area contributed by atoms with Gasteiger partial charge in [-0.05, 0) is 37.5 Å². The molecule has 5 heteroatoms. The first-order chi connectivity index (χ1) is 11.6. The molecule has 0 heterocycles. The lowest BCUT2D eigenvalue weighted by molar-refractivity contribution is 0.248. The summed E-state index contributed by atoms with van der Waals surface area (Å²) in [5.41, 5.74) is 1.87. The summed E-state index contributed by atoms with van der Waals surface area (Å²) >= 11 is 0. The summed E-state index contributed by atoms with van der Waals surface area (Å²) in [6.07, 6.45) is 1.80. The number of nitrogens with one attached hydrogen (secondary N) is 2. The highest BCUT2D eigenvalue weighted by molar-refractivity contribution is 5.91. The van der Waals surface area contributed by atoms with Crippen molar-refractivity contribution in [3.63, 3.8) is 0 Å². The Labute approximate surface area is 143 Å². The van der Waals surface area contributed by atoms with Gasteiger partial charge in [0.2, 0.25) is 0 Å². The molecule has 1 unspecified atom stereocenters. The van der Waals surface area contributed by atoms with Crippen LogP contribution in [-0.4, -0.2) is 26.3 Å². The first-order valence-corrected chi connectivity index (χ1v) is 7.96. The van der Waals surface area contributed by atoms with Crippen LogP contribution in [0.25, 0.3) is 0 Å². The number of amides is 2. The van der Waals surface area contributed by atoms with Crippen molar-refractivity contribution in [2.75, 3.05) is 19.5 Å². The van der Waals surface area contributed by atoms with Crippen molar-refractivity contribution in [3.8, 4) is 11.5 Å². The number of ether oxygens (including phenoxy) is 2. The molecule has 2 aromatic rings. The Balaban J connectivity index is 1.86. The van der Waals surface area contributed by atoms with Gasteiger partial charge in [0.05, 0.1) is 19.9 Å². The quantitative estimate of drug-likeness (QED) is 0.812. The van der Waals surface area contributed by atoms with Crippen LogP contribution in [0.15, 0.2) is 48.5 Å². The van der Waals surface area contributed by atoms with E-state index in [9.17, 15) is 4.79 Å². The van der Waals surface area contributed by atoms with Gasteiger partial charge in [-0.1, -0.05) is 30.3 Å². The molecule has 2 N–H and O–H groups in total. The number of rotatable bonds is 7. The molecule has 0 saturated heterocycles. The van der Waals surface area contributed by atoms with Crippen molar-refractivity contribution in [1.82, 2.24) is 5.32 Å². The molecule has 1 atom stereocenters. The normalized spacial score (nSPS) is 11.5. The Bertz CT molecular complexity index is 659. The molecule has 5 nitrogen and oxygen atoms in total. The van der Waals surface area contributed by atoms with Gasteiger partial charge in [0.1, 0.15) is 11.5 Å². The van der Waals surface area contributed by atoms with Gasteiger partial charge >= 0.3 is 6.03 Å². The van der Waals surface area contributed by atoms with Crippen LogP contribution in [0, 0.1) is 0 Å². The maximum Gasteiger partial charge on any atom is 0.319 e.